The minimum absolute atomic E-state index is 0.220. The van der Waals surface area contributed by atoms with Crippen LogP contribution in [-0.4, -0.2) is 55.8 Å². The predicted molar refractivity (Wildman–Crippen MR) is 106 cm³/mol. The van der Waals surface area contributed by atoms with Crippen LogP contribution in [0.25, 0.3) is 0 Å². The average molecular weight is 398 g/mol. The summed E-state index contributed by atoms with van der Waals surface area (Å²) in [5, 5.41) is 11.9. The fraction of sp³-hybridized carbons (Fsp3) is 0.300. The molecule has 0 radical (unpaired) electrons. The quantitative estimate of drug-likeness (QED) is 0.830. The molecular formula is C20H22N4O3S. The maximum atomic E-state index is 12.7. The van der Waals surface area contributed by atoms with Crippen molar-refractivity contribution in [3.05, 3.63) is 60.2 Å². The van der Waals surface area contributed by atoms with Crippen LogP contribution in [0.5, 0.6) is 0 Å². The fourth-order valence-corrected chi connectivity index (χ4v) is 4.61. The monoisotopic (exact) mass is 398 g/mol. The van der Waals surface area contributed by atoms with Gasteiger partial charge in [-0.25, -0.2) is 8.42 Å². The number of sulfonamides is 1. The first-order valence-electron chi connectivity index (χ1n) is 9.02. The zero-order valence-electron chi connectivity index (χ0n) is 15.6. The van der Waals surface area contributed by atoms with Crippen LogP contribution in [-0.2, 0) is 14.8 Å². The first-order chi connectivity index (χ1) is 13.4. The summed E-state index contributed by atoms with van der Waals surface area (Å²) in [4.78, 5) is 14.8. The number of piperazine rings is 1. The molecule has 1 aliphatic rings. The van der Waals surface area contributed by atoms with E-state index in [9.17, 15) is 13.2 Å². The second-order valence-electron chi connectivity index (χ2n) is 6.58. The maximum absolute atomic E-state index is 12.7. The maximum Gasteiger partial charge on any atom is 0.243 e. The third kappa shape index (κ3) is 4.22. The Labute approximate surface area is 165 Å². The van der Waals surface area contributed by atoms with Gasteiger partial charge in [0, 0.05) is 26.2 Å². The van der Waals surface area contributed by atoms with E-state index < -0.39 is 16.1 Å². The second kappa shape index (κ2) is 8.52. The van der Waals surface area contributed by atoms with Gasteiger partial charge in [-0.2, -0.15) is 9.57 Å². The Morgan fingerprint density at radius 1 is 1.04 bits per heavy atom. The molecule has 8 heteroatoms. The van der Waals surface area contributed by atoms with Crippen LogP contribution >= 0.6 is 0 Å². The Balaban J connectivity index is 1.61. The lowest BCUT2D eigenvalue weighted by Crippen LogP contribution is -2.53. The van der Waals surface area contributed by atoms with Gasteiger partial charge in [0.2, 0.25) is 15.9 Å². The molecule has 1 aliphatic heterocycles. The topological polar surface area (TPSA) is 93.5 Å². The molecule has 28 heavy (non-hydrogen) atoms. The molecule has 146 valence electrons. The molecule has 0 unspecified atom stereocenters. The molecule has 3 rings (SSSR count). The molecule has 1 fully saturated rings. The van der Waals surface area contributed by atoms with Gasteiger partial charge in [0.1, 0.15) is 6.07 Å². The van der Waals surface area contributed by atoms with Crippen LogP contribution in [0.15, 0.2) is 59.5 Å². The molecule has 0 aliphatic carbocycles. The SMILES string of the molecule is C[C@H](C(=O)Nc1ccccc1C#N)N1CCN(S(=O)(=O)c2ccccc2)CC1. The smallest absolute Gasteiger partial charge is 0.243 e. The van der Waals surface area contributed by atoms with Gasteiger partial charge in [-0.05, 0) is 31.2 Å². The third-order valence-electron chi connectivity index (χ3n) is 4.89. The summed E-state index contributed by atoms with van der Waals surface area (Å²) in [6.45, 7) is 3.35. The van der Waals surface area contributed by atoms with Crippen molar-refractivity contribution >= 4 is 21.6 Å². The van der Waals surface area contributed by atoms with Crippen molar-refractivity contribution in [1.82, 2.24) is 9.21 Å². The van der Waals surface area contributed by atoms with Crippen LogP contribution in [0.3, 0.4) is 0 Å². The summed E-state index contributed by atoms with van der Waals surface area (Å²) in [7, 11) is -3.52. The van der Waals surface area contributed by atoms with E-state index in [4.69, 9.17) is 5.26 Å². The number of nitriles is 1. The Morgan fingerprint density at radius 3 is 2.29 bits per heavy atom. The Morgan fingerprint density at radius 2 is 1.64 bits per heavy atom. The van der Waals surface area contributed by atoms with Gasteiger partial charge in [-0.1, -0.05) is 30.3 Å². The fourth-order valence-electron chi connectivity index (χ4n) is 3.17. The van der Waals surface area contributed by atoms with Crippen molar-refractivity contribution in [3.63, 3.8) is 0 Å². The summed E-state index contributed by atoms with van der Waals surface area (Å²) < 4.78 is 26.9. The van der Waals surface area contributed by atoms with Crippen molar-refractivity contribution in [1.29, 1.82) is 5.26 Å². The number of hydrogen-bond acceptors (Lipinski definition) is 5. The molecular weight excluding hydrogens is 376 g/mol. The van der Waals surface area contributed by atoms with E-state index in [0.29, 0.717) is 37.4 Å². The lowest BCUT2D eigenvalue weighted by molar-refractivity contribution is -0.121. The number of amides is 1. The molecule has 7 nitrogen and oxygen atoms in total. The molecule has 1 saturated heterocycles. The van der Waals surface area contributed by atoms with Crippen molar-refractivity contribution in [2.75, 3.05) is 31.5 Å². The van der Waals surface area contributed by atoms with Crippen molar-refractivity contribution < 1.29 is 13.2 Å². The van der Waals surface area contributed by atoms with Gasteiger partial charge < -0.3 is 5.32 Å². The molecule has 1 heterocycles. The number of anilines is 1. The van der Waals surface area contributed by atoms with E-state index in [1.54, 1.807) is 61.5 Å². The number of carbonyl (C=O) groups is 1. The molecule has 2 aromatic carbocycles. The standard InChI is InChI=1S/C20H22N4O3S/c1-16(20(25)22-19-10-6-5-7-17(19)15-21)23-11-13-24(14-12-23)28(26,27)18-8-3-2-4-9-18/h2-10,16H,11-14H2,1H3,(H,22,25)/t16-/m1/s1. The highest BCUT2D eigenvalue weighted by Gasteiger charge is 2.31. The number of rotatable bonds is 5. The number of nitrogens with zero attached hydrogens (tertiary/aromatic N) is 3. The largest absolute Gasteiger partial charge is 0.324 e. The highest BCUT2D eigenvalue weighted by Crippen LogP contribution is 2.19. The van der Waals surface area contributed by atoms with Crippen LogP contribution in [0.2, 0.25) is 0 Å². The third-order valence-corrected chi connectivity index (χ3v) is 6.80. The van der Waals surface area contributed by atoms with Crippen molar-refractivity contribution in [2.45, 2.75) is 17.9 Å². The minimum Gasteiger partial charge on any atom is -0.324 e. The zero-order valence-corrected chi connectivity index (χ0v) is 16.4. The normalized spacial score (nSPS) is 16.9. The lowest BCUT2D eigenvalue weighted by atomic mass is 10.1. The lowest BCUT2D eigenvalue weighted by Gasteiger charge is -2.36. The van der Waals surface area contributed by atoms with Crippen LogP contribution < -0.4 is 5.32 Å². The van der Waals surface area contributed by atoms with Gasteiger partial charge in [-0.15, -0.1) is 0 Å². The number of nitrogens with one attached hydrogen (secondary N) is 1. The number of carbonyl (C=O) groups excluding carboxylic acids is 1. The molecule has 0 spiro atoms. The second-order valence-corrected chi connectivity index (χ2v) is 8.51. The number of para-hydroxylation sites is 1. The number of benzene rings is 2. The Bertz CT molecular complexity index is 978. The molecule has 0 saturated carbocycles. The van der Waals surface area contributed by atoms with Gasteiger partial charge in [0.05, 0.1) is 22.2 Å². The number of hydrogen-bond donors (Lipinski definition) is 1. The van der Waals surface area contributed by atoms with Gasteiger partial charge in [0.25, 0.3) is 0 Å². The molecule has 0 bridgehead atoms. The molecule has 1 atom stereocenters. The first-order valence-corrected chi connectivity index (χ1v) is 10.5. The first kappa shape index (κ1) is 20.0. The van der Waals surface area contributed by atoms with E-state index >= 15 is 0 Å². The van der Waals surface area contributed by atoms with E-state index in [-0.39, 0.29) is 10.8 Å². The minimum atomic E-state index is -3.52. The summed E-state index contributed by atoms with van der Waals surface area (Å²) >= 11 is 0. The van der Waals surface area contributed by atoms with E-state index in [2.05, 4.69) is 11.4 Å². The Hall–Kier alpha value is -2.73. The predicted octanol–water partition coefficient (Wildman–Crippen LogP) is 1.89. The van der Waals surface area contributed by atoms with Crippen molar-refractivity contribution in [3.8, 4) is 6.07 Å². The van der Waals surface area contributed by atoms with E-state index in [1.165, 1.54) is 4.31 Å². The average Bonchev–Trinajstić information content (AvgIpc) is 2.74. The Kier molecular flexibility index (Phi) is 6.09. The van der Waals surface area contributed by atoms with E-state index in [1.807, 2.05) is 4.90 Å². The van der Waals surface area contributed by atoms with Gasteiger partial charge in [-0.3, -0.25) is 9.69 Å². The summed E-state index contributed by atoms with van der Waals surface area (Å²) in [6, 6.07) is 16.8. The summed E-state index contributed by atoms with van der Waals surface area (Å²) in [5.74, 6) is -0.220. The molecule has 1 amide bonds. The summed E-state index contributed by atoms with van der Waals surface area (Å²) in [6.07, 6.45) is 0. The van der Waals surface area contributed by atoms with Crippen LogP contribution in [0.1, 0.15) is 12.5 Å². The van der Waals surface area contributed by atoms with Gasteiger partial charge in [0.15, 0.2) is 0 Å². The van der Waals surface area contributed by atoms with Crippen molar-refractivity contribution in [2.24, 2.45) is 0 Å². The highest BCUT2D eigenvalue weighted by molar-refractivity contribution is 7.89. The van der Waals surface area contributed by atoms with E-state index in [0.717, 1.165) is 0 Å². The highest BCUT2D eigenvalue weighted by atomic mass is 32.2. The molecule has 2 aromatic rings. The zero-order chi connectivity index (χ0) is 20.1. The molecule has 1 N–H and O–H groups in total. The molecule has 0 aromatic heterocycles. The van der Waals surface area contributed by atoms with Crippen LogP contribution in [0, 0.1) is 11.3 Å². The van der Waals surface area contributed by atoms with Crippen LogP contribution in [0.4, 0.5) is 5.69 Å². The summed E-state index contributed by atoms with van der Waals surface area (Å²) in [5.41, 5.74) is 0.883. The van der Waals surface area contributed by atoms with Gasteiger partial charge >= 0.3 is 0 Å².